The zero-order valence-electron chi connectivity index (χ0n) is 13.1. The molecule has 0 fully saturated rings. The van der Waals surface area contributed by atoms with Gasteiger partial charge in [0.05, 0.1) is 0 Å². The van der Waals surface area contributed by atoms with Crippen LogP contribution in [0.5, 0.6) is 0 Å². The van der Waals surface area contributed by atoms with E-state index in [9.17, 15) is 0 Å². The fraction of sp³-hybridized carbons (Fsp3) is 0.143. The second-order valence-corrected chi connectivity index (χ2v) is 6.21. The van der Waals surface area contributed by atoms with Crippen molar-refractivity contribution in [1.29, 1.82) is 0 Å². The van der Waals surface area contributed by atoms with Gasteiger partial charge in [-0.1, -0.05) is 66.2 Å². The molecular weight excluding hydrogens is 283 g/mol. The highest BCUT2D eigenvalue weighted by atomic mass is 31.0. The lowest BCUT2D eigenvalue weighted by molar-refractivity contribution is 1.38. The summed E-state index contributed by atoms with van der Waals surface area (Å²) >= 11 is 0. The van der Waals surface area contributed by atoms with Crippen LogP contribution < -0.4 is 0 Å². The predicted octanol–water partition coefficient (Wildman–Crippen LogP) is 6.01. The van der Waals surface area contributed by atoms with Gasteiger partial charge in [-0.3, -0.25) is 0 Å². The topological polar surface area (TPSA) is 0 Å². The molecule has 1 heteroatoms. The highest BCUT2D eigenvalue weighted by Gasteiger charge is 2.04. The van der Waals surface area contributed by atoms with Crippen molar-refractivity contribution >= 4 is 9.24 Å². The van der Waals surface area contributed by atoms with E-state index in [4.69, 9.17) is 0 Å². The van der Waals surface area contributed by atoms with Crippen LogP contribution >= 0.6 is 9.24 Å². The minimum atomic E-state index is 1.00. The predicted molar refractivity (Wildman–Crippen MR) is 100 cm³/mol. The van der Waals surface area contributed by atoms with Crippen LogP contribution in [-0.4, -0.2) is 0 Å². The molecular formula is C21H21P. The molecule has 3 aromatic carbocycles. The number of aryl methyl sites for hydroxylation is 2. The van der Waals surface area contributed by atoms with Crippen LogP contribution in [0.3, 0.4) is 0 Å². The maximum absolute atomic E-state index is 2.77. The molecule has 0 N–H and O–H groups in total. The van der Waals surface area contributed by atoms with Crippen LogP contribution in [0.4, 0.5) is 0 Å². The number of hydrogen-bond donors (Lipinski definition) is 0. The van der Waals surface area contributed by atoms with Crippen molar-refractivity contribution in [2.75, 3.05) is 0 Å². The zero-order chi connectivity index (χ0) is 15.5. The lowest BCUT2D eigenvalue weighted by atomic mass is 9.95. The standard InChI is InChI=1S/C21H21P/c1-15-6-11-21(16(2)12-15)20-5-3-4-19(13-20)18-9-7-17(14-22)8-10-18/h3-13H,14,22H2,1-2H3. The SMILES string of the molecule is Cc1ccc(-c2cccc(-c3ccc(CP)cc3)c2)c(C)c1. The van der Waals surface area contributed by atoms with Crippen molar-refractivity contribution in [3.8, 4) is 22.3 Å². The molecule has 0 aliphatic heterocycles. The zero-order valence-corrected chi connectivity index (χ0v) is 14.3. The summed E-state index contributed by atoms with van der Waals surface area (Å²) in [5.41, 5.74) is 9.13. The number of benzene rings is 3. The monoisotopic (exact) mass is 304 g/mol. The molecule has 110 valence electrons. The minimum absolute atomic E-state index is 1.00. The Labute approximate surface area is 135 Å². The molecule has 22 heavy (non-hydrogen) atoms. The highest BCUT2D eigenvalue weighted by Crippen LogP contribution is 2.29. The van der Waals surface area contributed by atoms with Crippen LogP contribution in [0.1, 0.15) is 16.7 Å². The summed E-state index contributed by atoms with van der Waals surface area (Å²) in [7, 11) is 2.77. The van der Waals surface area contributed by atoms with Crippen molar-refractivity contribution in [2.45, 2.75) is 20.0 Å². The van der Waals surface area contributed by atoms with E-state index in [-0.39, 0.29) is 0 Å². The van der Waals surface area contributed by atoms with E-state index in [2.05, 4.69) is 89.8 Å². The van der Waals surface area contributed by atoms with E-state index in [0.717, 1.165) is 6.16 Å². The Morgan fingerprint density at radius 2 is 1.45 bits per heavy atom. The van der Waals surface area contributed by atoms with Crippen molar-refractivity contribution in [3.63, 3.8) is 0 Å². The van der Waals surface area contributed by atoms with Gasteiger partial charge in [0.2, 0.25) is 0 Å². The summed E-state index contributed by atoms with van der Waals surface area (Å²) in [6, 6.07) is 24.3. The first-order chi connectivity index (χ1) is 10.7. The third kappa shape index (κ3) is 3.13. The molecule has 1 atom stereocenters. The van der Waals surface area contributed by atoms with Gasteiger partial charge in [0.1, 0.15) is 0 Å². The Kier molecular flexibility index (Phi) is 4.41. The average Bonchev–Trinajstić information content (AvgIpc) is 2.55. The van der Waals surface area contributed by atoms with E-state index < -0.39 is 0 Å². The van der Waals surface area contributed by atoms with E-state index in [1.807, 2.05) is 0 Å². The maximum Gasteiger partial charge on any atom is -0.0128 e. The van der Waals surface area contributed by atoms with Gasteiger partial charge in [-0.25, -0.2) is 0 Å². The van der Waals surface area contributed by atoms with Gasteiger partial charge in [0.25, 0.3) is 0 Å². The van der Waals surface area contributed by atoms with Crippen molar-refractivity contribution in [1.82, 2.24) is 0 Å². The first-order valence-electron chi connectivity index (χ1n) is 7.64. The fourth-order valence-corrected chi connectivity index (χ4v) is 3.11. The van der Waals surface area contributed by atoms with Crippen LogP contribution in [0.2, 0.25) is 0 Å². The van der Waals surface area contributed by atoms with Gasteiger partial charge >= 0.3 is 0 Å². The molecule has 0 aliphatic carbocycles. The summed E-state index contributed by atoms with van der Waals surface area (Å²) < 4.78 is 0. The van der Waals surface area contributed by atoms with E-state index in [1.54, 1.807) is 0 Å². The second kappa shape index (κ2) is 6.46. The van der Waals surface area contributed by atoms with Crippen LogP contribution in [0.25, 0.3) is 22.3 Å². The van der Waals surface area contributed by atoms with Gasteiger partial charge < -0.3 is 0 Å². The van der Waals surface area contributed by atoms with Crippen molar-refractivity contribution < 1.29 is 0 Å². The third-order valence-corrected chi connectivity index (χ3v) is 4.55. The molecule has 0 bridgehead atoms. The molecule has 0 amide bonds. The Morgan fingerprint density at radius 3 is 2.14 bits per heavy atom. The van der Waals surface area contributed by atoms with Gasteiger partial charge in [0.15, 0.2) is 0 Å². The smallest absolute Gasteiger partial charge is 0.0128 e. The quantitative estimate of drug-likeness (QED) is 0.520. The van der Waals surface area contributed by atoms with Gasteiger partial charge in [-0.05, 0) is 59.5 Å². The maximum atomic E-state index is 2.77. The molecule has 0 aromatic heterocycles. The van der Waals surface area contributed by atoms with Crippen LogP contribution in [0, 0.1) is 13.8 Å². The first-order valence-corrected chi connectivity index (χ1v) is 8.46. The summed E-state index contributed by atoms with van der Waals surface area (Å²) in [5, 5.41) is 0. The summed E-state index contributed by atoms with van der Waals surface area (Å²) in [5.74, 6) is 0. The summed E-state index contributed by atoms with van der Waals surface area (Å²) in [6.07, 6.45) is 1.00. The minimum Gasteiger partial charge on any atom is -0.133 e. The molecule has 1 unspecified atom stereocenters. The normalized spacial score (nSPS) is 10.7. The average molecular weight is 304 g/mol. The molecule has 3 rings (SSSR count). The third-order valence-electron chi connectivity index (χ3n) is 4.08. The van der Waals surface area contributed by atoms with Crippen LogP contribution in [-0.2, 0) is 6.16 Å². The number of hydrogen-bond acceptors (Lipinski definition) is 0. The summed E-state index contributed by atoms with van der Waals surface area (Å²) in [4.78, 5) is 0. The first kappa shape index (κ1) is 15.0. The Hall–Kier alpha value is -1.91. The molecule has 0 nitrogen and oxygen atoms in total. The van der Waals surface area contributed by atoms with Gasteiger partial charge in [0, 0.05) is 0 Å². The van der Waals surface area contributed by atoms with Crippen molar-refractivity contribution in [3.05, 3.63) is 83.4 Å². The Balaban J connectivity index is 2.01. The lowest BCUT2D eigenvalue weighted by Gasteiger charge is -2.10. The molecule has 0 radical (unpaired) electrons. The molecule has 0 aliphatic rings. The number of rotatable bonds is 3. The van der Waals surface area contributed by atoms with E-state index in [1.165, 1.54) is 38.9 Å². The fourth-order valence-electron chi connectivity index (χ4n) is 2.84. The largest absolute Gasteiger partial charge is 0.133 e. The van der Waals surface area contributed by atoms with Gasteiger partial charge in [-0.15, -0.1) is 9.24 Å². The molecule has 0 heterocycles. The van der Waals surface area contributed by atoms with E-state index >= 15 is 0 Å². The van der Waals surface area contributed by atoms with Crippen molar-refractivity contribution in [2.24, 2.45) is 0 Å². The second-order valence-electron chi connectivity index (χ2n) is 5.80. The highest BCUT2D eigenvalue weighted by molar-refractivity contribution is 7.15. The van der Waals surface area contributed by atoms with E-state index in [0.29, 0.717) is 0 Å². The molecule has 3 aromatic rings. The Bertz CT molecular complexity index is 785. The summed E-state index contributed by atoms with van der Waals surface area (Å²) in [6.45, 7) is 4.32. The van der Waals surface area contributed by atoms with Gasteiger partial charge in [-0.2, -0.15) is 0 Å². The molecule has 0 spiro atoms. The van der Waals surface area contributed by atoms with Crippen LogP contribution in [0.15, 0.2) is 66.7 Å². The lowest BCUT2D eigenvalue weighted by Crippen LogP contribution is -1.86. The molecule has 0 saturated carbocycles. The Morgan fingerprint density at radius 1 is 0.727 bits per heavy atom. The molecule has 0 saturated heterocycles.